The third-order valence-electron chi connectivity index (χ3n) is 4.48. The SMILES string of the molecule is CCOc1ccc(N=C2SC(C(=O)Nc3ccc(OC)cc3)CC(=O)N2CC)cc1. The molecule has 7 nitrogen and oxygen atoms in total. The van der Waals surface area contributed by atoms with Crippen LogP contribution < -0.4 is 14.8 Å². The molecule has 158 valence electrons. The fourth-order valence-corrected chi connectivity index (χ4v) is 4.11. The summed E-state index contributed by atoms with van der Waals surface area (Å²) in [6.45, 7) is 4.90. The molecule has 8 heteroatoms. The van der Waals surface area contributed by atoms with Crippen LogP contribution >= 0.6 is 11.8 Å². The number of methoxy groups -OCH3 is 1. The number of amides is 2. The van der Waals surface area contributed by atoms with Crippen molar-refractivity contribution in [2.24, 2.45) is 4.99 Å². The standard InChI is InChI=1S/C22H25N3O4S/c1-4-25-20(26)14-19(21(27)23-15-6-10-17(28-3)11-7-15)30-22(25)24-16-8-12-18(13-9-16)29-5-2/h6-13,19H,4-5,14H2,1-3H3,(H,23,27). The zero-order valence-electron chi connectivity index (χ0n) is 17.3. The molecule has 1 aliphatic rings. The van der Waals surface area contributed by atoms with Crippen LogP contribution in [0.3, 0.4) is 0 Å². The number of benzene rings is 2. The number of hydrogen-bond donors (Lipinski definition) is 1. The van der Waals surface area contributed by atoms with Gasteiger partial charge in [-0.25, -0.2) is 4.99 Å². The van der Waals surface area contributed by atoms with Crippen molar-refractivity contribution in [1.82, 2.24) is 4.90 Å². The van der Waals surface area contributed by atoms with Gasteiger partial charge in [0.25, 0.3) is 0 Å². The van der Waals surface area contributed by atoms with Gasteiger partial charge in [0.05, 0.1) is 19.4 Å². The molecule has 2 aromatic rings. The number of rotatable bonds is 7. The van der Waals surface area contributed by atoms with Crippen molar-refractivity contribution in [1.29, 1.82) is 0 Å². The highest BCUT2D eigenvalue weighted by atomic mass is 32.2. The van der Waals surface area contributed by atoms with Gasteiger partial charge in [0.15, 0.2) is 5.17 Å². The first-order valence-corrected chi connectivity index (χ1v) is 10.7. The molecule has 1 heterocycles. The lowest BCUT2D eigenvalue weighted by atomic mass is 10.2. The summed E-state index contributed by atoms with van der Waals surface area (Å²) in [5, 5.41) is 2.83. The monoisotopic (exact) mass is 427 g/mol. The quantitative estimate of drug-likeness (QED) is 0.720. The number of carbonyl (C=O) groups excluding carboxylic acids is 2. The Morgan fingerprint density at radius 2 is 1.80 bits per heavy atom. The first-order chi connectivity index (χ1) is 14.5. The lowest BCUT2D eigenvalue weighted by molar-refractivity contribution is -0.129. The Labute approximate surface area is 180 Å². The van der Waals surface area contributed by atoms with Crippen LogP contribution in [0.5, 0.6) is 11.5 Å². The minimum atomic E-state index is -0.552. The zero-order chi connectivity index (χ0) is 21.5. The van der Waals surface area contributed by atoms with E-state index in [-0.39, 0.29) is 18.2 Å². The number of amidine groups is 1. The molecule has 1 fully saturated rings. The van der Waals surface area contributed by atoms with Crippen molar-refractivity contribution in [3.8, 4) is 11.5 Å². The van der Waals surface area contributed by atoms with E-state index in [9.17, 15) is 9.59 Å². The highest BCUT2D eigenvalue weighted by Crippen LogP contribution is 2.30. The van der Waals surface area contributed by atoms with Crippen molar-refractivity contribution < 1.29 is 19.1 Å². The van der Waals surface area contributed by atoms with E-state index in [0.717, 1.165) is 5.75 Å². The Morgan fingerprint density at radius 3 is 2.40 bits per heavy atom. The largest absolute Gasteiger partial charge is 0.497 e. The number of carbonyl (C=O) groups is 2. The summed E-state index contributed by atoms with van der Waals surface area (Å²) in [5.41, 5.74) is 1.35. The summed E-state index contributed by atoms with van der Waals surface area (Å²) < 4.78 is 10.6. The van der Waals surface area contributed by atoms with Gasteiger partial charge in [-0.15, -0.1) is 0 Å². The third kappa shape index (κ3) is 5.33. The van der Waals surface area contributed by atoms with Gasteiger partial charge in [-0.1, -0.05) is 11.8 Å². The Bertz CT molecular complexity index is 913. The van der Waals surface area contributed by atoms with E-state index in [1.54, 1.807) is 36.3 Å². The number of nitrogens with one attached hydrogen (secondary N) is 1. The Hall–Kier alpha value is -3.00. The number of aliphatic imine (C=N–C) groups is 1. The summed E-state index contributed by atoms with van der Waals surface area (Å²) in [4.78, 5) is 31.6. The van der Waals surface area contributed by atoms with Gasteiger partial charge in [0.1, 0.15) is 16.7 Å². The van der Waals surface area contributed by atoms with Gasteiger partial charge >= 0.3 is 0 Å². The zero-order valence-corrected chi connectivity index (χ0v) is 18.1. The molecule has 0 bridgehead atoms. The lowest BCUT2D eigenvalue weighted by Crippen LogP contribution is -2.45. The highest BCUT2D eigenvalue weighted by Gasteiger charge is 2.35. The fraction of sp³-hybridized carbons (Fsp3) is 0.318. The van der Waals surface area contributed by atoms with Gasteiger partial charge < -0.3 is 14.8 Å². The maximum Gasteiger partial charge on any atom is 0.238 e. The van der Waals surface area contributed by atoms with Crippen molar-refractivity contribution in [2.75, 3.05) is 25.6 Å². The predicted molar refractivity (Wildman–Crippen MR) is 120 cm³/mol. The second-order valence-electron chi connectivity index (χ2n) is 6.49. The molecule has 1 N–H and O–H groups in total. The summed E-state index contributed by atoms with van der Waals surface area (Å²) in [6, 6.07) is 14.4. The van der Waals surface area contributed by atoms with Gasteiger partial charge in [-0.3, -0.25) is 14.5 Å². The second-order valence-corrected chi connectivity index (χ2v) is 7.66. The molecule has 0 aliphatic carbocycles. The van der Waals surface area contributed by atoms with Crippen molar-refractivity contribution in [2.45, 2.75) is 25.5 Å². The van der Waals surface area contributed by atoms with Gasteiger partial charge in [0, 0.05) is 18.7 Å². The number of ether oxygens (including phenoxy) is 2. The molecule has 30 heavy (non-hydrogen) atoms. The first-order valence-electron chi connectivity index (χ1n) is 9.77. The van der Waals surface area contributed by atoms with Crippen LogP contribution in [0.25, 0.3) is 0 Å². The molecule has 0 spiro atoms. The average Bonchev–Trinajstić information content (AvgIpc) is 2.75. The maximum atomic E-state index is 12.8. The van der Waals surface area contributed by atoms with E-state index in [1.165, 1.54) is 11.8 Å². The molecular weight excluding hydrogens is 402 g/mol. The number of thioether (sulfide) groups is 1. The van der Waals surface area contributed by atoms with E-state index < -0.39 is 5.25 Å². The van der Waals surface area contributed by atoms with Crippen molar-refractivity contribution in [3.05, 3.63) is 48.5 Å². The smallest absolute Gasteiger partial charge is 0.238 e. The van der Waals surface area contributed by atoms with E-state index >= 15 is 0 Å². The van der Waals surface area contributed by atoms with Crippen LogP contribution in [0.4, 0.5) is 11.4 Å². The average molecular weight is 428 g/mol. The molecule has 1 unspecified atom stereocenters. The molecule has 1 aliphatic heterocycles. The highest BCUT2D eigenvalue weighted by molar-refractivity contribution is 8.15. The van der Waals surface area contributed by atoms with E-state index in [4.69, 9.17) is 9.47 Å². The number of nitrogens with zero attached hydrogens (tertiary/aromatic N) is 2. The van der Waals surface area contributed by atoms with Crippen molar-refractivity contribution in [3.63, 3.8) is 0 Å². The third-order valence-corrected chi connectivity index (χ3v) is 5.67. The Balaban J connectivity index is 1.75. The Kier molecular flexibility index (Phi) is 7.35. The van der Waals surface area contributed by atoms with Crippen LogP contribution in [-0.2, 0) is 9.59 Å². The van der Waals surface area contributed by atoms with Crippen LogP contribution in [0.1, 0.15) is 20.3 Å². The number of anilines is 1. The molecule has 1 saturated heterocycles. The maximum absolute atomic E-state index is 12.8. The molecular formula is C22H25N3O4S. The normalized spacial score (nSPS) is 17.7. The second kappa shape index (κ2) is 10.2. The van der Waals surface area contributed by atoms with Gasteiger partial charge in [-0.2, -0.15) is 0 Å². The minimum Gasteiger partial charge on any atom is -0.497 e. The molecule has 0 radical (unpaired) electrons. The topological polar surface area (TPSA) is 80.2 Å². The molecule has 0 saturated carbocycles. The Morgan fingerprint density at radius 1 is 1.13 bits per heavy atom. The molecule has 2 aromatic carbocycles. The first kappa shape index (κ1) is 21.7. The van der Waals surface area contributed by atoms with Crippen LogP contribution in [-0.4, -0.2) is 47.4 Å². The summed E-state index contributed by atoms with van der Waals surface area (Å²) >= 11 is 1.30. The molecule has 0 aromatic heterocycles. The van der Waals surface area contributed by atoms with E-state index in [0.29, 0.717) is 35.4 Å². The van der Waals surface area contributed by atoms with E-state index in [2.05, 4.69) is 10.3 Å². The molecule has 1 atom stereocenters. The van der Waals surface area contributed by atoms with E-state index in [1.807, 2.05) is 38.1 Å². The summed E-state index contributed by atoms with van der Waals surface area (Å²) in [6.07, 6.45) is 0.128. The number of hydrogen-bond acceptors (Lipinski definition) is 6. The fourth-order valence-electron chi connectivity index (χ4n) is 2.94. The minimum absolute atomic E-state index is 0.115. The van der Waals surface area contributed by atoms with Gasteiger partial charge in [0.2, 0.25) is 11.8 Å². The predicted octanol–water partition coefficient (Wildman–Crippen LogP) is 4.07. The molecule has 2 amide bonds. The molecule has 3 rings (SSSR count). The van der Waals surface area contributed by atoms with Crippen LogP contribution in [0.15, 0.2) is 53.5 Å². The lowest BCUT2D eigenvalue weighted by Gasteiger charge is -2.30. The van der Waals surface area contributed by atoms with Crippen LogP contribution in [0, 0.1) is 0 Å². The summed E-state index contributed by atoms with van der Waals surface area (Å²) in [5.74, 6) is 1.13. The van der Waals surface area contributed by atoms with Crippen molar-refractivity contribution >= 4 is 40.1 Å². The van der Waals surface area contributed by atoms with Crippen LogP contribution in [0.2, 0.25) is 0 Å². The summed E-state index contributed by atoms with van der Waals surface area (Å²) in [7, 11) is 1.59. The van der Waals surface area contributed by atoms with Gasteiger partial charge in [-0.05, 0) is 62.4 Å².